The summed E-state index contributed by atoms with van der Waals surface area (Å²) < 4.78 is 13.5. The molecule has 1 saturated carbocycles. The molecule has 0 bridgehead atoms. The van der Waals surface area contributed by atoms with Crippen molar-refractivity contribution in [2.75, 3.05) is 0 Å². The van der Waals surface area contributed by atoms with Crippen LogP contribution in [0.4, 0.5) is 4.39 Å². The molecule has 0 spiro atoms. The fourth-order valence-electron chi connectivity index (χ4n) is 2.81. The van der Waals surface area contributed by atoms with Crippen LogP contribution < -0.4 is 0 Å². The van der Waals surface area contributed by atoms with Crippen LogP contribution in [-0.4, -0.2) is 16.9 Å². The minimum absolute atomic E-state index is 0.0669. The lowest BCUT2D eigenvalue weighted by molar-refractivity contribution is -0.144. The number of hydrogen-bond acceptors (Lipinski definition) is 2. The maximum atomic E-state index is 13.5. The third-order valence-electron chi connectivity index (χ3n) is 3.85. The van der Waals surface area contributed by atoms with Gasteiger partial charge in [0.05, 0.1) is 11.5 Å². The van der Waals surface area contributed by atoms with Crippen LogP contribution in [-0.2, 0) is 4.79 Å². The smallest absolute Gasteiger partial charge is 0.306 e. The second-order valence-electron chi connectivity index (χ2n) is 5.10. The molecule has 0 radical (unpaired) electrons. The molecule has 1 aliphatic carbocycles. The van der Waals surface area contributed by atoms with Gasteiger partial charge in [-0.2, -0.15) is 0 Å². The molecule has 0 heterocycles. The zero-order valence-corrected chi connectivity index (χ0v) is 10.6. The molecule has 0 aromatic heterocycles. The Morgan fingerprint density at radius 2 is 1.89 bits per heavy atom. The van der Waals surface area contributed by atoms with Crippen molar-refractivity contribution in [1.29, 1.82) is 0 Å². The van der Waals surface area contributed by atoms with Crippen LogP contribution in [0.1, 0.15) is 42.5 Å². The van der Waals surface area contributed by atoms with Gasteiger partial charge in [-0.1, -0.05) is 25.0 Å². The topological polar surface area (TPSA) is 54.4 Å². The number of aliphatic carboxylic acids is 1. The first-order valence-corrected chi connectivity index (χ1v) is 6.60. The molecule has 19 heavy (non-hydrogen) atoms. The van der Waals surface area contributed by atoms with Crippen molar-refractivity contribution in [2.45, 2.75) is 32.1 Å². The molecule has 1 aromatic rings. The summed E-state index contributed by atoms with van der Waals surface area (Å²) in [5, 5.41) is 9.16. The van der Waals surface area contributed by atoms with Crippen LogP contribution in [0.2, 0.25) is 0 Å². The molecule has 1 aliphatic rings. The Labute approximate surface area is 111 Å². The molecule has 102 valence electrons. The fraction of sp³-hybridized carbons (Fsp3) is 0.467. The minimum atomic E-state index is -0.842. The average molecular weight is 264 g/mol. The summed E-state index contributed by atoms with van der Waals surface area (Å²) in [4.78, 5) is 23.2. The summed E-state index contributed by atoms with van der Waals surface area (Å²) in [7, 11) is 0. The molecule has 1 N–H and O–H groups in total. The molecule has 1 aromatic carbocycles. The quantitative estimate of drug-likeness (QED) is 0.849. The molecule has 0 amide bonds. The highest BCUT2D eigenvalue weighted by Crippen LogP contribution is 2.33. The summed E-state index contributed by atoms with van der Waals surface area (Å²) >= 11 is 0. The molecule has 2 atom stereocenters. The number of hydrogen-bond donors (Lipinski definition) is 1. The number of carboxylic acid groups (broad SMARTS) is 1. The number of Topliss-reactive ketones (excluding diaryl/α,β-unsaturated/α-hetero) is 1. The predicted molar refractivity (Wildman–Crippen MR) is 68.4 cm³/mol. The standard InChI is InChI=1S/C15H17FO3/c16-13-8-4-3-7-12(13)14(17)9-10-5-1-2-6-11(10)15(18)19/h3-4,7-8,10-11H,1-2,5-6,9H2,(H,18,19). The first-order valence-electron chi connectivity index (χ1n) is 6.60. The SMILES string of the molecule is O=C(CC1CCCCC1C(=O)O)c1ccccc1F. The molecule has 0 saturated heterocycles. The zero-order valence-electron chi connectivity index (χ0n) is 10.6. The van der Waals surface area contributed by atoms with Crippen molar-refractivity contribution in [2.24, 2.45) is 11.8 Å². The summed E-state index contributed by atoms with van der Waals surface area (Å²) in [6.07, 6.45) is 3.31. The lowest BCUT2D eigenvalue weighted by Crippen LogP contribution is -2.28. The second kappa shape index (κ2) is 5.95. The molecule has 2 unspecified atom stereocenters. The summed E-state index contributed by atoms with van der Waals surface area (Å²) in [6.45, 7) is 0. The van der Waals surface area contributed by atoms with Gasteiger partial charge in [0.1, 0.15) is 5.82 Å². The van der Waals surface area contributed by atoms with Crippen molar-refractivity contribution in [3.05, 3.63) is 35.6 Å². The van der Waals surface area contributed by atoms with Crippen LogP contribution in [0.15, 0.2) is 24.3 Å². The molecular weight excluding hydrogens is 247 g/mol. The fourth-order valence-corrected chi connectivity index (χ4v) is 2.81. The van der Waals surface area contributed by atoms with Crippen molar-refractivity contribution in [3.63, 3.8) is 0 Å². The number of carboxylic acids is 1. The molecule has 4 heteroatoms. The van der Waals surface area contributed by atoms with Crippen molar-refractivity contribution in [3.8, 4) is 0 Å². The molecule has 1 fully saturated rings. The van der Waals surface area contributed by atoms with Gasteiger partial charge in [0, 0.05) is 6.42 Å². The molecular formula is C15H17FO3. The normalized spacial score (nSPS) is 23.0. The summed E-state index contributed by atoms with van der Waals surface area (Å²) in [5.74, 6) is -2.31. The van der Waals surface area contributed by atoms with E-state index < -0.39 is 17.7 Å². The lowest BCUT2D eigenvalue weighted by atomic mass is 9.76. The van der Waals surface area contributed by atoms with Crippen LogP contribution in [0.5, 0.6) is 0 Å². The van der Waals surface area contributed by atoms with E-state index in [4.69, 9.17) is 5.11 Å². The van der Waals surface area contributed by atoms with Crippen molar-refractivity contribution in [1.82, 2.24) is 0 Å². The van der Waals surface area contributed by atoms with Gasteiger partial charge >= 0.3 is 5.97 Å². The first kappa shape index (κ1) is 13.7. The van der Waals surface area contributed by atoms with Gasteiger partial charge in [0.25, 0.3) is 0 Å². The predicted octanol–water partition coefficient (Wildman–Crippen LogP) is 3.29. The Morgan fingerprint density at radius 3 is 2.58 bits per heavy atom. The van der Waals surface area contributed by atoms with E-state index in [1.165, 1.54) is 18.2 Å². The molecule has 2 rings (SSSR count). The van der Waals surface area contributed by atoms with Gasteiger partial charge in [0.2, 0.25) is 0 Å². The van der Waals surface area contributed by atoms with Crippen LogP contribution in [0.25, 0.3) is 0 Å². The lowest BCUT2D eigenvalue weighted by Gasteiger charge is -2.27. The number of carbonyl (C=O) groups excluding carboxylic acids is 1. The van der Waals surface area contributed by atoms with E-state index in [0.717, 1.165) is 19.3 Å². The highest BCUT2D eigenvalue weighted by molar-refractivity contribution is 5.96. The second-order valence-corrected chi connectivity index (χ2v) is 5.10. The van der Waals surface area contributed by atoms with E-state index in [0.29, 0.717) is 6.42 Å². The summed E-state index contributed by atoms with van der Waals surface area (Å²) in [6, 6.07) is 5.86. The highest BCUT2D eigenvalue weighted by Gasteiger charge is 2.32. The van der Waals surface area contributed by atoms with Gasteiger partial charge in [-0.25, -0.2) is 4.39 Å². The van der Waals surface area contributed by atoms with E-state index in [9.17, 15) is 14.0 Å². The van der Waals surface area contributed by atoms with Crippen LogP contribution in [0, 0.1) is 17.7 Å². The largest absolute Gasteiger partial charge is 0.481 e. The number of benzene rings is 1. The van der Waals surface area contributed by atoms with Gasteiger partial charge < -0.3 is 5.11 Å². The maximum Gasteiger partial charge on any atom is 0.306 e. The average Bonchev–Trinajstić information content (AvgIpc) is 2.39. The first-order chi connectivity index (χ1) is 9.09. The van der Waals surface area contributed by atoms with E-state index in [1.54, 1.807) is 6.07 Å². The Bertz CT molecular complexity index is 484. The highest BCUT2D eigenvalue weighted by atomic mass is 19.1. The molecule has 0 aliphatic heterocycles. The number of carbonyl (C=O) groups is 2. The van der Waals surface area contributed by atoms with E-state index in [-0.39, 0.29) is 23.7 Å². The minimum Gasteiger partial charge on any atom is -0.481 e. The Morgan fingerprint density at radius 1 is 1.21 bits per heavy atom. The Hall–Kier alpha value is -1.71. The third-order valence-corrected chi connectivity index (χ3v) is 3.85. The van der Waals surface area contributed by atoms with Crippen molar-refractivity contribution >= 4 is 11.8 Å². The number of rotatable bonds is 4. The van der Waals surface area contributed by atoms with Gasteiger partial charge in [-0.3, -0.25) is 9.59 Å². The van der Waals surface area contributed by atoms with Gasteiger partial charge in [-0.15, -0.1) is 0 Å². The number of ketones is 1. The van der Waals surface area contributed by atoms with Crippen LogP contribution >= 0.6 is 0 Å². The zero-order chi connectivity index (χ0) is 13.8. The van der Waals surface area contributed by atoms with E-state index in [2.05, 4.69) is 0 Å². The van der Waals surface area contributed by atoms with Crippen molar-refractivity contribution < 1.29 is 19.1 Å². The monoisotopic (exact) mass is 264 g/mol. The Balaban J connectivity index is 2.09. The van der Waals surface area contributed by atoms with Crippen LogP contribution in [0.3, 0.4) is 0 Å². The Kier molecular flexibility index (Phi) is 4.30. The van der Waals surface area contributed by atoms with Gasteiger partial charge in [-0.05, 0) is 30.9 Å². The number of halogens is 1. The van der Waals surface area contributed by atoms with Gasteiger partial charge in [0.15, 0.2) is 5.78 Å². The van der Waals surface area contributed by atoms with E-state index in [1.807, 2.05) is 0 Å². The molecule has 3 nitrogen and oxygen atoms in total. The third kappa shape index (κ3) is 3.19. The maximum absolute atomic E-state index is 13.5. The van der Waals surface area contributed by atoms with E-state index >= 15 is 0 Å². The summed E-state index contributed by atoms with van der Waals surface area (Å²) in [5.41, 5.74) is 0.0669.